The fourth-order valence-corrected chi connectivity index (χ4v) is 1.99. The predicted octanol–water partition coefficient (Wildman–Crippen LogP) is 0.662. The lowest BCUT2D eigenvalue weighted by Gasteiger charge is -2.30. The maximum atomic E-state index is 11.0. The Kier molecular flexibility index (Phi) is 3.02. The second-order valence-electron chi connectivity index (χ2n) is 3.90. The minimum atomic E-state index is 0.0441. The topological polar surface area (TPSA) is 41.1 Å². The van der Waals surface area contributed by atoms with Crippen molar-refractivity contribution in [3.63, 3.8) is 0 Å². The van der Waals surface area contributed by atoms with E-state index in [1.807, 2.05) is 0 Å². The van der Waals surface area contributed by atoms with Crippen molar-refractivity contribution in [2.75, 3.05) is 20.1 Å². The molecular weight excluding hydrogens is 188 g/mol. The van der Waals surface area contributed by atoms with Gasteiger partial charge >= 0.3 is 0 Å². The van der Waals surface area contributed by atoms with Crippen LogP contribution in [0.25, 0.3) is 0 Å². The average Bonchev–Trinajstić information content (AvgIpc) is 2.24. The van der Waals surface area contributed by atoms with Crippen LogP contribution in [0, 0.1) is 0 Å². The second kappa shape index (κ2) is 4.45. The first-order chi connectivity index (χ1) is 7.31. The van der Waals surface area contributed by atoms with Crippen LogP contribution < -0.4 is 10.6 Å². The van der Waals surface area contributed by atoms with Gasteiger partial charge in [0.05, 0.1) is 6.54 Å². The van der Waals surface area contributed by atoms with Crippen molar-refractivity contribution in [3.8, 4) is 0 Å². The van der Waals surface area contributed by atoms with Gasteiger partial charge in [0.25, 0.3) is 0 Å². The van der Waals surface area contributed by atoms with E-state index in [1.165, 1.54) is 11.1 Å². The van der Waals surface area contributed by atoms with Crippen molar-refractivity contribution in [1.29, 1.82) is 0 Å². The van der Waals surface area contributed by atoms with Crippen LogP contribution in [0.2, 0.25) is 0 Å². The number of amides is 1. The number of likely N-dealkylation sites (N-methyl/N-ethyl adjacent to an activating group) is 1. The van der Waals surface area contributed by atoms with Gasteiger partial charge in [-0.2, -0.15) is 0 Å². The summed E-state index contributed by atoms with van der Waals surface area (Å²) in [6.07, 6.45) is 1.14. The smallest absolute Gasteiger partial charge is 0.233 e. The number of rotatable bonds is 4. The van der Waals surface area contributed by atoms with Crippen molar-refractivity contribution in [2.45, 2.75) is 12.3 Å². The molecule has 1 unspecified atom stereocenters. The van der Waals surface area contributed by atoms with Gasteiger partial charge < -0.3 is 10.6 Å². The van der Waals surface area contributed by atoms with Crippen LogP contribution in [-0.2, 0) is 11.2 Å². The Labute approximate surface area is 89.9 Å². The molecule has 0 aliphatic heterocycles. The lowest BCUT2D eigenvalue weighted by molar-refractivity contribution is -0.119. The van der Waals surface area contributed by atoms with E-state index in [4.69, 9.17) is 0 Å². The van der Waals surface area contributed by atoms with E-state index in [2.05, 4.69) is 34.9 Å². The Hall–Kier alpha value is -1.35. The second-order valence-corrected chi connectivity index (χ2v) is 3.90. The molecule has 1 aliphatic rings. The van der Waals surface area contributed by atoms with Gasteiger partial charge in [0.1, 0.15) is 0 Å². The molecule has 80 valence electrons. The Morgan fingerprint density at radius 3 is 3.00 bits per heavy atom. The minimum absolute atomic E-state index is 0.0441. The van der Waals surface area contributed by atoms with Crippen LogP contribution in [-0.4, -0.2) is 26.0 Å². The SMILES string of the molecule is CNC(=O)CNCC1Cc2ccccc21. The largest absolute Gasteiger partial charge is 0.358 e. The normalized spacial score (nSPS) is 17.8. The lowest BCUT2D eigenvalue weighted by Crippen LogP contribution is -2.36. The van der Waals surface area contributed by atoms with Gasteiger partial charge in [-0.05, 0) is 17.5 Å². The van der Waals surface area contributed by atoms with E-state index in [0.717, 1.165) is 13.0 Å². The van der Waals surface area contributed by atoms with E-state index in [9.17, 15) is 4.79 Å². The molecule has 0 saturated heterocycles. The third-order valence-corrected chi connectivity index (χ3v) is 2.92. The fraction of sp³-hybridized carbons (Fsp3) is 0.417. The van der Waals surface area contributed by atoms with Crippen molar-refractivity contribution < 1.29 is 4.79 Å². The number of fused-ring (bicyclic) bond motifs is 1. The first kappa shape index (κ1) is 10.2. The summed E-state index contributed by atoms with van der Waals surface area (Å²) < 4.78 is 0. The molecule has 0 heterocycles. The van der Waals surface area contributed by atoms with Gasteiger partial charge in [-0.3, -0.25) is 4.79 Å². The zero-order valence-electron chi connectivity index (χ0n) is 8.92. The van der Waals surface area contributed by atoms with Gasteiger partial charge in [0.2, 0.25) is 5.91 Å². The molecule has 3 nitrogen and oxygen atoms in total. The monoisotopic (exact) mass is 204 g/mol. The van der Waals surface area contributed by atoms with E-state index < -0.39 is 0 Å². The van der Waals surface area contributed by atoms with Gasteiger partial charge in [-0.15, -0.1) is 0 Å². The zero-order valence-corrected chi connectivity index (χ0v) is 8.92. The molecule has 0 fully saturated rings. The molecule has 2 rings (SSSR count). The average molecular weight is 204 g/mol. The number of carbonyl (C=O) groups excluding carboxylic acids is 1. The molecule has 15 heavy (non-hydrogen) atoms. The van der Waals surface area contributed by atoms with E-state index in [0.29, 0.717) is 12.5 Å². The van der Waals surface area contributed by atoms with Gasteiger partial charge in [-0.1, -0.05) is 24.3 Å². The molecule has 0 aromatic heterocycles. The predicted molar refractivity (Wildman–Crippen MR) is 59.8 cm³/mol. The highest BCUT2D eigenvalue weighted by molar-refractivity contribution is 5.77. The third kappa shape index (κ3) is 2.18. The van der Waals surface area contributed by atoms with E-state index in [1.54, 1.807) is 7.05 Å². The Bertz CT molecular complexity index is 362. The molecule has 1 aromatic carbocycles. The minimum Gasteiger partial charge on any atom is -0.358 e. The number of benzene rings is 1. The highest BCUT2D eigenvalue weighted by Crippen LogP contribution is 2.33. The number of hydrogen-bond acceptors (Lipinski definition) is 2. The summed E-state index contributed by atoms with van der Waals surface area (Å²) in [5.74, 6) is 0.633. The lowest BCUT2D eigenvalue weighted by atomic mass is 9.78. The number of carbonyl (C=O) groups is 1. The molecule has 0 radical (unpaired) electrons. The Balaban J connectivity index is 1.78. The van der Waals surface area contributed by atoms with Crippen LogP contribution >= 0.6 is 0 Å². The quantitative estimate of drug-likeness (QED) is 0.756. The standard InChI is InChI=1S/C12H16N2O/c1-13-12(15)8-14-7-10-6-9-4-2-3-5-11(9)10/h2-5,10,14H,6-8H2,1H3,(H,13,15). The van der Waals surface area contributed by atoms with Crippen LogP contribution in [0.15, 0.2) is 24.3 Å². The molecule has 3 heteroatoms. The van der Waals surface area contributed by atoms with E-state index in [-0.39, 0.29) is 5.91 Å². The van der Waals surface area contributed by atoms with Crippen molar-refractivity contribution in [3.05, 3.63) is 35.4 Å². The van der Waals surface area contributed by atoms with Crippen LogP contribution in [0.4, 0.5) is 0 Å². The first-order valence-corrected chi connectivity index (χ1v) is 5.30. The van der Waals surface area contributed by atoms with Crippen molar-refractivity contribution in [1.82, 2.24) is 10.6 Å². The molecule has 1 amide bonds. The molecule has 0 bridgehead atoms. The Morgan fingerprint density at radius 1 is 1.47 bits per heavy atom. The molecule has 0 saturated carbocycles. The van der Waals surface area contributed by atoms with Crippen LogP contribution in [0.3, 0.4) is 0 Å². The summed E-state index contributed by atoms with van der Waals surface area (Å²) in [5.41, 5.74) is 2.88. The number of hydrogen-bond donors (Lipinski definition) is 2. The zero-order chi connectivity index (χ0) is 10.7. The Morgan fingerprint density at radius 2 is 2.27 bits per heavy atom. The summed E-state index contributed by atoms with van der Waals surface area (Å²) in [6.45, 7) is 1.31. The fourth-order valence-electron chi connectivity index (χ4n) is 1.99. The highest BCUT2D eigenvalue weighted by Gasteiger charge is 2.24. The van der Waals surface area contributed by atoms with Crippen molar-refractivity contribution >= 4 is 5.91 Å². The van der Waals surface area contributed by atoms with Gasteiger partial charge in [0, 0.05) is 19.5 Å². The van der Waals surface area contributed by atoms with Crippen LogP contribution in [0.5, 0.6) is 0 Å². The summed E-state index contributed by atoms with van der Waals surface area (Å²) >= 11 is 0. The summed E-state index contributed by atoms with van der Waals surface area (Å²) in [5, 5.41) is 5.76. The van der Waals surface area contributed by atoms with E-state index >= 15 is 0 Å². The van der Waals surface area contributed by atoms with Crippen LogP contribution in [0.1, 0.15) is 17.0 Å². The summed E-state index contributed by atoms with van der Waals surface area (Å²) in [7, 11) is 1.66. The van der Waals surface area contributed by atoms with Gasteiger partial charge in [-0.25, -0.2) is 0 Å². The van der Waals surface area contributed by atoms with Crippen molar-refractivity contribution in [2.24, 2.45) is 0 Å². The number of nitrogens with one attached hydrogen (secondary N) is 2. The molecular formula is C12H16N2O. The molecule has 1 aliphatic carbocycles. The maximum Gasteiger partial charge on any atom is 0.233 e. The molecule has 0 spiro atoms. The first-order valence-electron chi connectivity index (χ1n) is 5.30. The van der Waals surface area contributed by atoms with Gasteiger partial charge in [0.15, 0.2) is 0 Å². The molecule has 1 aromatic rings. The third-order valence-electron chi connectivity index (χ3n) is 2.92. The maximum absolute atomic E-state index is 11.0. The molecule has 1 atom stereocenters. The summed E-state index contributed by atoms with van der Waals surface area (Å²) in [4.78, 5) is 11.0. The molecule has 2 N–H and O–H groups in total. The summed E-state index contributed by atoms with van der Waals surface area (Å²) in [6, 6.07) is 8.49. The highest BCUT2D eigenvalue weighted by atomic mass is 16.1.